The molecule has 0 fully saturated rings. The molecule has 0 aliphatic rings. The minimum atomic E-state index is -4.56. The second-order valence-electron chi connectivity index (χ2n) is 6.09. The predicted molar refractivity (Wildman–Crippen MR) is 111 cm³/mol. The fourth-order valence-electron chi connectivity index (χ4n) is 2.66. The Morgan fingerprint density at radius 1 is 1.17 bits per heavy atom. The summed E-state index contributed by atoms with van der Waals surface area (Å²) in [4.78, 5) is 12.3. The van der Waals surface area contributed by atoms with Crippen molar-refractivity contribution in [3.05, 3.63) is 71.8 Å². The molecule has 0 aliphatic carbocycles. The van der Waals surface area contributed by atoms with Gasteiger partial charge in [0.1, 0.15) is 0 Å². The zero-order chi connectivity index (χ0) is 21.7. The maximum Gasteiger partial charge on any atom is 0.418 e. The van der Waals surface area contributed by atoms with Crippen LogP contribution in [-0.2, 0) is 17.5 Å². The summed E-state index contributed by atoms with van der Waals surface area (Å²) in [6.45, 7) is 4.11. The van der Waals surface area contributed by atoms with Gasteiger partial charge in [-0.2, -0.15) is 13.2 Å². The van der Waals surface area contributed by atoms with Crippen LogP contribution in [0.2, 0.25) is 5.02 Å². The first kappa shape index (κ1) is 21.9. The standard InChI is InChI=1S/C20H16ClF3N4OS/c1-2-11-28-18(13-7-9-14(21)10-8-13)26-27-19(28)30-12-17(29)25-16-6-4-3-5-15(16)20(22,23)24/h2-10H,1,11-12H2,(H,25,29). The Labute approximate surface area is 180 Å². The second kappa shape index (κ2) is 9.36. The predicted octanol–water partition coefficient (Wildman–Crippen LogP) is 5.53. The number of carbonyl (C=O) groups is 1. The molecule has 0 spiro atoms. The van der Waals surface area contributed by atoms with E-state index in [0.717, 1.165) is 23.4 Å². The summed E-state index contributed by atoms with van der Waals surface area (Å²) in [5, 5.41) is 11.6. The third-order valence-electron chi connectivity index (χ3n) is 3.97. The van der Waals surface area contributed by atoms with Crippen LogP contribution < -0.4 is 5.32 Å². The van der Waals surface area contributed by atoms with Crippen molar-refractivity contribution in [3.8, 4) is 11.4 Å². The molecule has 30 heavy (non-hydrogen) atoms. The molecule has 0 radical (unpaired) electrons. The quantitative estimate of drug-likeness (QED) is 0.378. The Balaban J connectivity index is 1.74. The number of alkyl halides is 3. The first-order valence-corrected chi connectivity index (χ1v) is 10.0. The van der Waals surface area contributed by atoms with Gasteiger partial charge in [0, 0.05) is 17.1 Å². The zero-order valence-corrected chi connectivity index (χ0v) is 17.1. The third-order valence-corrected chi connectivity index (χ3v) is 5.19. The van der Waals surface area contributed by atoms with Gasteiger partial charge in [0.2, 0.25) is 5.91 Å². The van der Waals surface area contributed by atoms with Crippen LogP contribution in [0.3, 0.4) is 0 Å². The summed E-state index contributed by atoms with van der Waals surface area (Å²) < 4.78 is 41.0. The summed E-state index contributed by atoms with van der Waals surface area (Å²) in [6.07, 6.45) is -2.90. The van der Waals surface area contributed by atoms with Crippen molar-refractivity contribution in [3.63, 3.8) is 0 Å². The second-order valence-corrected chi connectivity index (χ2v) is 7.47. The maximum atomic E-state index is 13.1. The number of nitrogens with one attached hydrogen (secondary N) is 1. The van der Waals surface area contributed by atoms with E-state index in [9.17, 15) is 18.0 Å². The van der Waals surface area contributed by atoms with Gasteiger partial charge in [-0.15, -0.1) is 16.8 Å². The van der Waals surface area contributed by atoms with Crippen LogP contribution in [0.1, 0.15) is 5.56 Å². The number of anilines is 1. The zero-order valence-electron chi connectivity index (χ0n) is 15.5. The number of hydrogen-bond donors (Lipinski definition) is 1. The molecule has 3 rings (SSSR count). The number of thioether (sulfide) groups is 1. The van der Waals surface area contributed by atoms with E-state index < -0.39 is 17.6 Å². The van der Waals surface area contributed by atoms with Crippen molar-refractivity contribution in [2.24, 2.45) is 0 Å². The van der Waals surface area contributed by atoms with Crippen molar-refractivity contribution < 1.29 is 18.0 Å². The molecular weight excluding hydrogens is 437 g/mol. The van der Waals surface area contributed by atoms with Gasteiger partial charge in [0.05, 0.1) is 17.0 Å². The summed E-state index contributed by atoms with van der Waals surface area (Å²) in [5.41, 5.74) is -0.405. The van der Waals surface area contributed by atoms with Gasteiger partial charge >= 0.3 is 6.18 Å². The fraction of sp³-hybridized carbons (Fsp3) is 0.150. The van der Waals surface area contributed by atoms with E-state index >= 15 is 0 Å². The summed E-state index contributed by atoms with van der Waals surface area (Å²) in [6, 6.07) is 11.9. The van der Waals surface area contributed by atoms with E-state index in [0.29, 0.717) is 22.5 Å². The lowest BCUT2D eigenvalue weighted by atomic mass is 10.1. The van der Waals surface area contributed by atoms with E-state index in [4.69, 9.17) is 11.6 Å². The maximum absolute atomic E-state index is 13.1. The lowest BCUT2D eigenvalue weighted by molar-refractivity contribution is -0.137. The Morgan fingerprint density at radius 2 is 1.87 bits per heavy atom. The number of hydrogen-bond acceptors (Lipinski definition) is 4. The highest BCUT2D eigenvalue weighted by atomic mass is 35.5. The molecule has 2 aromatic carbocycles. The number of aromatic nitrogens is 3. The van der Waals surface area contributed by atoms with Crippen molar-refractivity contribution in [1.82, 2.24) is 14.8 Å². The molecular formula is C20H16ClF3N4OS. The van der Waals surface area contributed by atoms with Crippen molar-refractivity contribution in [2.75, 3.05) is 11.1 Å². The minimum Gasteiger partial charge on any atom is -0.325 e. The number of rotatable bonds is 7. The van der Waals surface area contributed by atoms with E-state index in [1.807, 2.05) is 0 Å². The smallest absolute Gasteiger partial charge is 0.325 e. The van der Waals surface area contributed by atoms with Crippen molar-refractivity contribution >= 4 is 35.0 Å². The van der Waals surface area contributed by atoms with Gasteiger partial charge in [-0.3, -0.25) is 9.36 Å². The van der Waals surface area contributed by atoms with Gasteiger partial charge in [-0.05, 0) is 36.4 Å². The topological polar surface area (TPSA) is 59.8 Å². The van der Waals surface area contributed by atoms with Crippen LogP contribution >= 0.6 is 23.4 Å². The molecule has 156 valence electrons. The summed E-state index contributed by atoms with van der Waals surface area (Å²) in [7, 11) is 0. The molecule has 5 nitrogen and oxygen atoms in total. The van der Waals surface area contributed by atoms with Crippen LogP contribution in [0.15, 0.2) is 66.3 Å². The number of amides is 1. The van der Waals surface area contributed by atoms with Crippen molar-refractivity contribution in [2.45, 2.75) is 17.9 Å². The van der Waals surface area contributed by atoms with Gasteiger partial charge in [0.25, 0.3) is 0 Å². The van der Waals surface area contributed by atoms with Crippen LogP contribution in [0, 0.1) is 0 Å². The molecule has 3 aromatic rings. The average molecular weight is 453 g/mol. The lowest BCUT2D eigenvalue weighted by Gasteiger charge is -2.13. The van der Waals surface area contributed by atoms with Gasteiger partial charge < -0.3 is 5.32 Å². The molecule has 0 bridgehead atoms. The number of nitrogens with zero attached hydrogens (tertiary/aromatic N) is 3. The van der Waals surface area contributed by atoms with E-state index in [1.54, 1.807) is 34.9 Å². The average Bonchev–Trinajstić information content (AvgIpc) is 3.09. The van der Waals surface area contributed by atoms with Crippen LogP contribution in [0.5, 0.6) is 0 Å². The number of halogens is 4. The van der Waals surface area contributed by atoms with Gasteiger partial charge in [-0.1, -0.05) is 41.6 Å². The van der Waals surface area contributed by atoms with Crippen molar-refractivity contribution in [1.29, 1.82) is 0 Å². The summed E-state index contributed by atoms with van der Waals surface area (Å²) >= 11 is 6.99. The largest absolute Gasteiger partial charge is 0.418 e. The highest BCUT2D eigenvalue weighted by Gasteiger charge is 2.33. The summed E-state index contributed by atoms with van der Waals surface area (Å²) in [5.74, 6) is -0.156. The number of carbonyl (C=O) groups excluding carboxylic acids is 1. The molecule has 0 unspecified atom stereocenters. The molecule has 0 saturated heterocycles. The Hall–Kier alpha value is -2.78. The Morgan fingerprint density at radius 3 is 2.53 bits per heavy atom. The number of benzene rings is 2. The third kappa shape index (κ3) is 5.22. The molecule has 0 aliphatic heterocycles. The SMILES string of the molecule is C=CCn1c(SCC(=O)Nc2ccccc2C(F)(F)F)nnc1-c1ccc(Cl)cc1. The molecule has 0 saturated carbocycles. The van der Waals surface area contributed by atoms with Crippen LogP contribution in [0.25, 0.3) is 11.4 Å². The molecule has 1 aromatic heterocycles. The first-order chi connectivity index (χ1) is 14.3. The van der Waals surface area contributed by atoms with E-state index in [2.05, 4.69) is 22.1 Å². The van der Waals surface area contributed by atoms with E-state index in [-0.39, 0.29) is 11.4 Å². The Kier molecular flexibility index (Phi) is 6.84. The minimum absolute atomic E-state index is 0.137. The molecule has 10 heteroatoms. The first-order valence-electron chi connectivity index (χ1n) is 8.68. The molecule has 1 N–H and O–H groups in total. The molecule has 0 atom stereocenters. The monoisotopic (exact) mass is 452 g/mol. The van der Waals surface area contributed by atoms with Gasteiger partial charge in [-0.25, -0.2) is 0 Å². The Bertz CT molecular complexity index is 1050. The fourth-order valence-corrected chi connectivity index (χ4v) is 3.53. The number of allylic oxidation sites excluding steroid dienone is 1. The highest BCUT2D eigenvalue weighted by Crippen LogP contribution is 2.34. The van der Waals surface area contributed by atoms with Gasteiger partial charge in [0.15, 0.2) is 11.0 Å². The lowest BCUT2D eigenvalue weighted by Crippen LogP contribution is -2.18. The molecule has 1 heterocycles. The number of para-hydroxylation sites is 1. The highest BCUT2D eigenvalue weighted by molar-refractivity contribution is 7.99. The van der Waals surface area contributed by atoms with Crippen LogP contribution in [0.4, 0.5) is 18.9 Å². The van der Waals surface area contributed by atoms with Crippen LogP contribution in [-0.4, -0.2) is 26.4 Å². The normalized spacial score (nSPS) is 11.3. The molecule has 1 amide bonds. The van der Waals surface area contributed by atoms with E-state index in [1.165, 1.54) is 18.2 Å².